The van der Waals surface area contributed by atoms with Gasteiger partial charge in [-0.2, -0.15) is 20.1 Å². The third-order valence-electron chi connectivity index (χ3n) is 2.38. The molecule has 2 aromatic heterocycles. The van der Waals surface area contributed by atoms with Gasteiger partial charge in [0, 0.05) is 34.3 Å². The van der Waals surface area contributed by atoms with Crippen molar-refractivity contribution in [3.63, 3.8) is 0 Å². The van der Waals surface area contributed by atoms with Crippen LogP contribution in [0.5, 0.6) is 11.9 Å². The van der Waals surface area contributed by atoms with Crippen LogP contribution in [0.4, 0.5) is 11.9 Å². The zero-order valence-corrected chi connectivity index (χ0v) is 11.7. The predicted molar refractivity (Wildman–Crippen MR) is 71.7 cm³/mol. The van der Waals surface area contributed by atoms with Crippen LogP contribution in [0.15, 0.2) is 6.07 Å². The fourth-order valence-corrected chi connectivity index (χ4v) is 1.48. The van der Waals surface area contributed by atoms with Gasteiger partial charge >= 0.3 is 6.01 Å². The first kappa shape index (κ1) is 13.1. The van der Waals surface area contributed by atoms with Gasteiger partial charge in [0.15, 0.2) is 0 Å². The molecule has 102 valence electrons. The molecule has 0 fully saturated rings. The highest BCUT2D eigenvalue weighted by Crippen LogP contribution is 2.20. The van der Waals surface area contributed by atoms with Gasteiger partial charge in [0.25, 0.3) is 0 Å². The summed E-state index contributed by atoms with van der Waals surface area (Å²) in [7, 11) is 7.25. The maximum Gasteiger partial charge on any atom is 0.329 e. The summed E-state index contributed by atoms with van der Waals surface area (Å²) in [6.07, 6.45) is 0. The first-order valence-corrected chi connectivity index (χ1v) is 5.79. The van der Waals surface area contributed by atoms with E-state index in [9.17, 15) is 0 Å². The minimum atomic E-state index is 0.228. The first-order valence-electron chi connectivity index (χ1n) is 5.79. The van der Waals surface area contributed by atoms with Crippen molar-refractivity contribution < 1.29 is 4.74 Å². The van der Waals surface area contributed by atoms with Gasteiger partial charge in [-0.05, 0) is 6.92 Å². The van der Waals surface area contributed by atoms with E-state index >= 15 is 0 Å². The number of hydrogen-bond donors (Lipinski definition) is 1. The quantitative estimate of drug-likeness (QED) is 0.874. The molecule has 0 bridgehead atoms. The molecule has 0 aliphatic rings. The van der Waals surface area contributed by atoms with Gasteiger partial charge in [0.2, 0.25) is 17.8 Å². The molecule has 2 heterocycles. The summed E-state index contributed by atoms with van der Waals surface area (Å²) in [5, 5.41) is 7.08. The normalized spacial score (nSPS) is 10.4. The molecular weight excluding hydrogens is 246 g/mol. The van der Waals surface area contributed by atoms with E-state index < -0.39 is 0 Å². The van der Waals surface area contributed by atoms with Crippen molar-refractivity contribution in [2.45, 2.75) is 6.92 Å². The van der Waals surface area contributed by atoms with Crippen LogP contribution < -0.4 is 15.0 Å². The molecule has 0 spiro atoms. The van der Waals surface area contributed by atoms with E-state index in [1.807, 2.05) is 27.1 Å². The molecule has 8 heteroatoms. The highest BCUT2D eigenvalue weighted by Gasteiger charge is 2.11. The van der Waals surface area contributed by atoms with Crippen LogP contribution in [0, 0.1) is 6.92 Å². The Kier molecular flexibility index (Phi) is 3.50. The average molecular weight is 263 g/mol. The SMILES string of the molecule is CNc1nc(Oc2cc(C)nn2C)nc(N(C)C)n1. The monoisotopic (exact) mass is 263 g/mol. The number of ether oxygens (including phenoxy) is 1. The average Bonchev–Trinajstić information content (AvgIpc) is 2.67. The molecule has 2 aromatic rings. The third-order valence-corrected chi connectivity index (χ3v) is 2.38. The molecule has 0 radical (unpaired) electrons. The summed E-state index contributed by atoms with van der Waals surface area (Å²) in [5.74, 6) is 1.55. The van der Waals surface area contributed by atoms with Gasteiger partial charge in [-0.1, -0.05) is 0 Å². The molecule has 0 saturated heterocycles. The van der Waals surface area contributed by atoms with Crippen LogP contribution in [0.2, 0.25) is 0 Å². The van der Waals surface area contributed by atoms with Crippen LogP contribution in [-0.4, -0.2) is 45.9 Å². The molecule has 0 aliphatic carbocycles. The molecule has 19 heavy (non-hydrogen) atoms. The zero-order valence-electron chi connectivity index (χ0n) is 11.7. The van der Waals surface area contributed by atoms with E-state index in [-0.39, 0.29) is 6.01 Å². The summed E-state index contributed by atoms with van der Waals surface area (Å²) in [6, 6.07) is 2.05. The van der Waals surface area contributed by atoms with E-state index in [4.69, 9.17) is 4.74 Å². The predicted octanol–water partition coefficient (Wildman–Crippen LogP) is 0.814. The van der Waals surface area contributed by atoms with E-state index in [0.29, 0.717) is 17.8 Å². The summed E-state index contributed by atoms with van der Waals surface area (Å²) >= 11 is 0. The maximum absolute atomic E-state index is 5.63. The smallest absolute Gasteiger partial charge is 0.329 e. The third kappa shape index (κ3) is 2.90. The number of rotatable bonds is 4. The lowest BCUT2D eigenvalue weighted by molar-refractivity contribution is 0.398. The molecular formula is C11H17N7O. The molecule has 0 aromatic carbocycles. The van der Waals surface area contributed by atoms with Gasteiger partial charge in [-0.3, -0.25) is 0 Å². The topological polar surface area (TPSA) is 81.0 Å². The van der Waals surface area contributed by atoms with E-state index in [2.05, 4.69) is 25.4 Å². The van der Waals surface area contributed by atoms with Gasteiger partial charge in [-0.25, -0.2) is 4.68 Å². The molecule has 1 N–H and O–H groups in total. The molecule has 0 amide bonds. The number of nitrogens with zero attached hydrogens (tertiary/aromatic N) is 6. The van der Waals surface area contributed by atoms with Crippen molar-refractivity contribution in [2.24, 2.45) is 7.05 Å². The first-order chi connectivity index (χ1) is 8.99. The molecule has 2 rings (SSSR count). The van der Waals surface area contributed by atoms with Gasteiger partial charge < -0.3 is 15.0 Å². The van der Waals surface area contributed by atoms with Crippen LogP contribution in [0.3, 0.4) is 0 Å². The maximum atomic E-state index is 5.63. The molecule has 0 aliphatic heterocycles. The minimum Gasteiger partial charge on any atom is -0.405 e. The van der Waals surface area contributed by atoms with Gasteiger partial charge in [0.05, 0.1) is 5.69 Å². The molecule has 8 nitrogen and oxygen atoms in total. The Morgan fingerprint density at radius 2 is 2.00 bits per heavy atom. The minimum absolute atomic E-state index is 0.228. The highest BCUT2D eigenvalue weighted by atomic mass is 16.5. The summed E-state index contributed by atoms with van der Waals surface area (Å²) in [6.45, 7) is 1.89. The Balaban J connectivity index is 2.34. The number of anilines is 2. The lowest BCUT2D eigenvalue weighted by Gasteiger charge is -2.12. The Labute approximate surface area is 111 Å². The number of hydrogen-bond acceptors (Lipinski definition) is 7. The zero-order chi connectivity index (χ0) is 14.0. The Morgan fingerprint density at radius 3 is 2.53 bits per heavy atom. The molecule has 0 unspecified atom stereocenters. The fourth-order valence-electron chi connectivity index (χ4n) is 1.48. The van der Waals surface area contributed by atoms with Crippen molar-refractivity contribution in [3.05, 3.63) is 11.8 Å². The van der Waals surface area contributed by atoms with E-state index in [1.165, 1.54) is 0 Å². The van der Waals surface area contributed by atoms with Crippen LogP contribution >= 0.6 is 0 Å². The number of aromatic nitrogens is 5. The fraction of sp³-hybridized carbons (Fsp3) is 0.455. The van der Waals surface area contributed by atoms with Crippen LogP contribution in [0.1, 0.15) is 5.69 Å². The van der Waals surface area contributed by atoms with Crippen molar-refractivity contribution in [2.75, 3.05) is 31.4 Å². The van der Waals surface area contributed by atoms with Crippen molar-refractivity contribution in [3.8, 4) is 11.9 Å². The van der Waals surface area contributed by atoms with Crippen molar-refractivity contribution in [1.29, 1.82) is 0 Å². The van der Waals surface area contributed by atoms with Crippen LogP contribution in [-0.2, 0) is 7.05 Å². The number of aryl methyl sites for hydroxylation is 2. The van der Waals surface area contributed by atoms with Crippen molar-refractivity contribution >= 4 is 11.9 Å². The second kappa shape index (κ2) is 5.09. The number of nitrogens with one attached hydrogen (secondary N) is 1. The lowest BCUT2D eigenvalue weighted by Crippen LogP contribution is -2.15. The molecule has 0 saturated carbocycles. The van der Waals surface area contributed by atoms with E-state index in [1.54, 1.807) is 23.7 Å². The van der Waals surface area contributed by atoms with Crippen molar-refractivity contribution in [1.82, 2.24) is 24.7 Å². The largest absolute Gasteiger partial charge is 0.405 e. The highest BCUT2D eigenvalue weighted by molar-refractivity contribution is 5.37. The standard InChI is InChI=1S/C11H17N7O/c1-7-6-8(18(5)16-7)19-11-14-9(12-2)13-10(15-11)17(3)4/h6H,1-5H3,(H,12,13,14,15). The lowest BCUT2D eigenvalue weighted by atomic mass is 10.5. The summed E-state index contributed by atoms with van der Waals surface area (Å²) in [4.78, 5) is 14.4. The van der Waals surface area contributed by atoms with Gasteiger partial charge in [-0.15, -0.1) is 0 Å². The Hall–Kier alpha value is -2.38. The summed E-state index contributed by atoms with van der Waals surface area (Å²) < 4.78 is 7.27. The summed E-state index contributed by atoms with van der Waals surface area (Å²) in [5.41, 5.74) is 0.869. The second-order valence-electron chi connectivity index (χ2n) is 4.24. The Morgan fingerprint density at radius 1 is 1.26 bits per heavy atom. The molecule has 0 atom stereocenters. The van der Waals surface area contributed by atoms with Crippen LogP contribution in [0.25, 0.3) is 0 Å². The second-order valence-corrected chi connectivity index (χ2v) is 4.24. The van der Waals surface area contributed by atoms with Gasteiger partial charge in [0.1, 0.15) is 0 Å². The van der Waals surface area contributed by atoms with E-state index in [0.717, 1.165) is 5.69 Å². The Bertz CT molecular complexity index is 578.